The van der Waals surface area contributed by atoms with Crippen LogP contribution in [0, 0.1) is 0 Å². The fourth-order valence-electron chi connectivity index (χ4n) is 3.94. The largest absolute Gasteiger partial charge is 0.395 e. The van der Waals surface area contributed by atoms with Gasteiger partial charge in [-0.25, -0.2) is 0 Å². The summed E-state index contributed by atoms with van der Waals surface area (Å²) < 4.78 is 0. The van der Waals surface area contributed by atoms with E-state index in [9.17, 15) is 0 Å². The first-order chi connectivity index (χ1) is 13.2. The van der Waals surface area contributed by atoms with Crippen molar-refractivity contribution in [3.63, 3.8) is 0 Å². The third-order valence-electron chi connectivity index (χ3n) is 5.74. The molecule has 1 saturated heterocycles. The van der Waals surface area contributed by atoms with Crippen molar-refractivity contribution in [1.82, 2.24) is 14.8 Å². The maximum absolute atomic E-state index is 9.09. The van der Waals surface area contributed by atoms with Gasteiger partial charge < -0.3 is 5.11 Å². The lowest BCUT2D eigenvalue weighted by Crippen LogP contribution is -2.47. The summed E-state index contributed by atoms with van der Waals surface area (Å²) in [5, 5.41) is 11.5. The molecule has 0 saturated carbocycles. The molecule has 0 bridgehead atoms. The van der Waals surface area contributed by atoms with Crippen LogP contribution >= 0.6 is 0 Å². The van der Waals surface area contributed by atoms with Gasteiger partial charge in [-0.3, -0.25) is 14.8 Å². The molecule has 0 spiro atoms. The van der Waals surface area contributed by atoms with Crippen LogP contribution in [0.4, 0.5) is 0 Å². The second-order valence-corrected chi connectivity index (χ2v) is 7.34. The Kier molecular flexibility index (Phi) is 5.48. The lowest BCUT2D eigenvalue weighted by atomic mass is 9.99. The number of hydrogen-bond acceptors (Lipinski definition) is 4. The monoisotopic (exact) mass is 361 g/mol. The molecular weight excluding hydrogens is 334 g/mol. The Balaban J connectivity index is 1.46. The van der Waals surface area contributed by atoms with Gasteiger partial charge in [0.15, 0.2) is 0 Å². The van der Waals surface area contributed by atoms with Gasteiger partial charge in [-0.1, -0.05) is 36.4 Å². The van der Waals surface area contributed by atoms with Crippen molar-refractivity contribution in [3.8, 4) is 11.1 Å². The highest BCUT2D eigenvalue weighted by Gasteiger charge is 2.21. The molecule has 0 amide bonds. The number of aliphatic hydroxyl groups excluding tert-OH is 1. The molecule has 2 heterocycles. The van der Waals surface area contributed by atoms with Crippen LogP contribution in [0.15, 0.2) is 60.9 Å². The van der Waals surface area contributed by atoms with Gasteiger partial charge in [0.05, 0.1) is 6.61 Å². The van der Waals surface area contributed by atoms with E-state index in [4.69, 9.17) is 5.11 Å². The lowest BCUT2D eigenvalue weighted by Gasteiger charge is -2.38. The van der Waals surface area contributed by atoms with Gasteiger partial charge in [0.1, 0.15) is 0 Å². The second kappa shape index (κ2) is 8.17. The number of benzene rings is 2. The van der Waals surface area contributed by atoms with E-state index in [1.165, 1.54) is 27.5 Å². The van der Waals surface area contributed by atoms with Crippen LogP contribution in [-0.2, 0) is 0 Å². The second-order valence-electron chi connectivity index (χ2n) is 7.34. The van der Waals surface area contributed by atoms with Gasteiger partial charge in [0.25, 0.3) is 0 Å². The average Bonchev–Trinajstić information content (AvgIpc) is 2.74. The van der Waals surface area contributed by atoms with E-state index in [1.54, 1.807) is 0 Å². The molecule has 4 heteroatoms. The normalized spacial score (nSPS) is 17.3. The summed E-state index contributed by atoms with van der Waals surface area (Å²) in [5.74, 6) is 0. The van der Waals surface area contributed by atoms with Crippen molar-refractivity contribution in [1.29, 1.82) is 0 Å². The Labute approximate surface area is 161 Å². The van der Waals surface area contributed by atoms with Gasteiger partial charge in [-0.15, -0.1) is 0 Å². The number of pyridine rings is 1. The van der Waals surface area contributed by atoms with Crippen LogP contribution in [0.2, 0.25) is 0 Å². The van der Waals surface area contributed by atoms with E-state index in [0.717, 1.165) is 32.7 Å². The first kappa shape index (κ1) is 18.1. The molecule has 1 atom stereocenters. The quantitative estimate of drug-likeness (QED) is 0.754. The molecule has 2 aromatic carbocycles. The van der Waals surface area contributed by atoms with Crippen molar-refractivity contribution in [2.75, 3.05) is 39.3 Å². The van der Waals surface area contributed by atoms with Crippen molar-refractivity contribution >= 4 is 10.8 Å². The Morgan fingerprint density at radius 1 is 0.926 bits per heavy atom. The maximum atomic E-state index is 9.09. The summed E-state index contributed by atoms with van der Waals surface area (Å²) in [7, 11) is 0. The molecule has 140 valence electrons. The highest BCUT2D eigenvalue weighted by molar-refractivity contribution is 5.86. The number of aliphatic hydroxyl groups is 1. The van der Waals surface area contributed by atoms with E-state index in [1.807, 2.05) is 12.4 Å². The van der Waals surface area contributed by atoms with Crippen molar-refractivity contribution in [2.45, 2.75) is 13.0 Å². The Bertz CT molecular complexity index is 886. The predicted molar refractivity (Wildman–Crippen MR) is 111 cm³/mol. The summed E-state index contributed by atoms with van der Waals surface area (Å²) in [5.41, 5.74) is 3.85. The van der Waals surface area contributed by atoms with Crippen LogP contribution in [-0.4, -0.2) is 59.2 Å². The molecule has 0 radical (unpaired) electrons. The van der Waals surface area contributed by atoms with E-state index < -0.39 is 0 Å². The van der Waals surface area contributed by atoms with Gasteiger partial charge in [0.2, 0.25) is 0 Å². The van der Waals surface area contributed by atoms with E-state index >= 15 is 0 Å². The zero-order chi connectivity index (χ0) is 18.6. The Morgan fingerprint density at radius 3 is 2.41 bits per heavy atom. The Hall–Kier alpha value is -2.27. The zero-order valence-electron chi connectivity index (χ0n) is 15.9. The van der Waals surface area contributed by atoms with Gasteiger partial charge in [-0.05, 0) is 41.1 Å². The van der Waals surface area contributed by atoms with E-state index in [0.29, 0.717) is 6.04 Å². The molecule has 1 fully saturated rings. The minimum atomic E-state index is 0.252. The predicted octanol–water partition coefficient (Wildman–Crippen LogP) is 3.57. The number of rotatable bonds is 5. The molecule has 1 aliphatic heterocycles. The van der Waals surface area contributed by atoms with Gasteiger partial charge >= 0.3 is 0 Å². The number of fused-ring (bicyclic) bond motifs is 1. The topological polar surface area (TPSA) is 39.6 Å². The van der Waals surface area contributed by atoms with Crippen LogP contribution in [0.25, 0.3) is 21.9 Å². The molecule has 0 aliphatic carbocycles. The highest BCUT2D eigenvalue weighted by atomic mass is 16.3. The highest BCUT2D eigenvalue weighted by Crippen LogP contribution is 2.27. The summed E-state index contributed by atoms with van der Waals surface area (Å²) in [6.07, 6.45) is 3.75. The third kappa shape index (κ3) is 4.03. The number of piperazine rings is 1. The molecule has 27 heavy (non-hydrogen) atoms. The fraction of sp³-hybridized carbons (Fsp3) is 0.348. The van der Waals surface area contributed by atoms with Crippen molar-refractivity contribution in [3.05, 3.63) is 66.5 Å². The van der Waals surface area contributed by atoms with Crippen LogP contribution in [0.3, 0.4) is 0 Å². The number of aromatic nitrogens is 1. The SMILES string of the molecule is CC(c1ccc(-c2ccc3cnccc3c2)cc1)N1CCN(CCO)CC1. The molecule has 4 nitrogen and oxygen atoms in total. The molecule has 1 N–H and O–H groups in total. The average molecular weight is 361 g/mol. The maximum Gasteiger partial charge on any atom is 0.0558 e. The van der Waals surface area contributed by atoms with Crippen LogP contribution in [0.1, 0.15) is 18.5 Å². The summed E-state index contributed by atoms with van der Waals surface area (Å²) in [6.45, 7) is 7.52. The number of nitrogens with zero attached hydrogens (tertiary/aromatic N) is 3. The van der Waals surface area contributed by atoms with Gasteiger partial charge in [0, 0.05) is 56.5 Å². The first-order valence-corrected chi connectivity index (χ1v) is 9.76. The standard InChI is InChI=1S/C23H27N3O/c1-18(26-12-10-25(11-13-26)14-15-27)19-2-4-20(5-3-19)21-6-7-23-17-24-9-8-22(23)16-21/h2-9,16-18,27H,10-15H2,1H3. The van der Waals surface area contributed by atoms with Crippen molar-refractivity contribution < 1.29 is 5.11 Å². The lowest BCUT2D eigenvalue weighted by molar-refractivity contribution is 0.0888. The fourth-order valence-corrected chi connectivity index (χ4v) is 3.94. The molecular formula is C23H27N3O. The van der Waals surface area contributed by atoms with Crippen LogP contribution < -0.4 is 0 Å². The zero-order valence-corrected chi connectivity index (χ0v) is 15.9. The van der Waals surface area contributed by atoms with E-state index in [-0.39, 0.29) is 6.61 Å². The third-order valence-corrected chi connectivity index (χ3v) is 5.74. The summed E-state index contributed by atoms with van der Waals surface area (Å²) in [4.78, 5) is 9.05. The number of hydrogen-bond donors (Lipinski definition) is 1. The minimum absolute atomic E-state index is 0.252. The summed E-state index contributed by atoms with van der Waals surface area (Å²) in [6, 6.07) is 18.0. The smallest absolute Gasteiger partial charge is 0.0558 e. The summed E-state index contributed by atoms with van der Waals surface area (Å²) >= 11 is 0. The molecule has 1 unspecified atom stereocenters. The minimum Gasteiger partial charge on any atom is -0.395 e. The first-order valence-electron chi connectivity index (χ1n) is 9.76. The molecule has 1 aliphatic rings. The molecule has 3 aromatic rings. The molecule has 1 aromatic heterocycles. The van der Waals surface area contributed by atoms with Crippen LogP contribution in [0.5, 0.6) is 0 Å². The van der Waals surface area contributed by atoms with Gasteiger partial charge in [-0.2, -0.15) is 0 Å². The molecule has 4 rings (SSSR count). The Morgan fingerprint density at radius 2 is 1.67 bits per heavy atom. The number of β-amino-alcohol motifs (C(OH)–C–C–N with tert-alkyl or cyclic N) is 1. The van der Waals surface area contributed by atoms with E-state index in [2.05, 4.69) is 70.2 Å². The van der Waals surface area contributed by atoms with Crippen molar-refractivity contribution in [2.24, 2.45) is 0 Å².